The van der Waals surface area contributed by atoms with E-state index in [2.05, 4.69) is 17.3 Å². The fourth-order valence-electron chi connectivity index (χ4n) is 3.27. The van der Waals surface area contributed by atoms with Crippen LogP contribution in [0.3, 0.4) is 0 Å². The van der Waals surface area contributed by atoms with Crippen molar-refractivity contribution in [3.05, 3.63) is 24.4 Å². The van der Waals surface area contributed by atoms with E-state index >= 15 is 0 Å². The molecule has 1 aromatic heterocycles. The molecule has 1 aromatic carbocycles. The van der Waals surface area contributed by atoms with Gasteiger partial charge >= 0.3 is 6.09 Å². The molecule has 1 fully saturated rings. The molecule has 1 amide bonds. The molecule has 1 aliphatic rings. The quantitative estimate of drug-likeness (QED) is 0.626. The summed E-state index contributed by atoms with van der Waals surface area (Å²) in [6.07, 6.45) is 8.36. The highest BCUT2D eigenvalue weighted by molar-refractivity contribution is 5.89. The van der Waals surface area contributed by atoms with Crippen molar-refractivity contribution >= 4 is 29.0 Å². The molecular weight excluding hydrogens is 318 g/mol. The normalized spacial score (nSPS) is 20.4. The number of nitrogens with one attached hydrogen (secondary N) is 1. The van der Waals surface area contributed by atoms with Gasteiger partial charge in [0.25, 0.3) is 0 Å². The fourth-order valence-corrected chi connectivity index (χ4v) is 3.27. The first-order valence-electron chi connectivity index (χ1n) is 9.07. The van der Waals surface area contributed by atoms with Crippen LogP contribution >= 0.6 is 0 Å². The van der Waals surface area contributed by atoms with Crippen molar-refractivity contribution in [2.75, 3.05) is 11.9 Å². The van der Waals surface area contributed by atoms with Crippen LogP contribution in [-0.4, -0.2) is 28.8 Å². The Balaban J connectivity index is 1.65. The van der Waals surface area contributed by atoms with E-state index in [1.54, 1.807) is 0 Å². The van der Waals surface area contributed by atoms with Crippen LogP contribution in [0.4, 0.5) is 10.5 Å². The summed E-state index contributed by atoms with van der Waals surface area (Å²) in [5.41, 5.74) is 1.61. The number of carbonyl (C=O) groups excluding carboxylic acids is 2. The molecule has 0 unspecified atom stereocenters. The van der Waals surface area contributed by atoms with Crippen LogP contribution < -0.4 is 5.32 Å². The molecule has 1 heterocycles. The maximum Gasteiger partial charge on any atom is 0.411 e. The van der Waals surface area contributed by atoms with Crippen molar-refractivity contribution in [1.82, 2.24) is 9.78 Å². The van der Waals surface area contributed by atoms with E-state index in [4.69, 9.17) is 4.74 Å². The van der Waals surface area contributed by atoms with Crippen LogP contribution in [0.5, 0.6) is 0 Å². The number of aromatic nitrogens is 2. The van der Waals surface area contributed by atoms with Crippen molar-refractivity contribution < 1.29 is 14.3 Å². The molecule has 2 aromatic rings. The molecule has 134 valence electrons. The maximum atomic E-state index is 11.8. The average Bonchev–Trinajstić information content (AvgIpc) is 3.05. The first kappa shape index (κ1) is 17.5. The Morgan fingerprint density at radius 3 is 2.88 bits per heavy atom. The molecule has 25 heavy (non-hydrogen) atoms. The van der Waals surface area contributed by atoms with Crippen LogP contribution in [0, 0.1) is 5.92 Å². The van der Waals surface area contributed by atoms with Gasteiger partial charge in [0, 0.05) is 23.2 Å². The third-order valence-corrected chi connectivity index (χ3v) is 4.81. The zero-order valence-electron chi connectivity index (χ0n) is 14.6. The number of hydrogen-bond acceptors (Lipinski definition) is 4. The highest BCUT2D eigenvalue weighted by atomic mass is 16.5. The number of rotatable bonds is 6. The molecule has 0 atom stereocenters. The zero-order chi connectivity index (χ0) is 17.6. The molecule has 3 rings (SSSR count). The van der Waals surface area contributed by atoms with Gasteiger partial charge in [0.15, 0.2) is 0 Å². The van der Waals surface area contributed by atoms with Gasteiger partial charge in [0.05, 0.1) is 18.2 Å². The van der Waals surface area contributed by atoms with Gasteiger partial charge in [-0.05, 0) is 50.3 Å². The van der Waals surface area contributed by atoms with E-state index in [0.29, 0.717) is 18.3 Å². The SMILES string of the molecule is CCCCOC(=O)Nc1ccc2nn(C3CCC(C=O)CC3)cc2c1. The Kier molecular flexibility index (Phi) is 5.68. The van der Waals surface area contributed by atoms with Gasteiger partial charge in [0.1, 0.15) is 6.29 Å². The summed E-state index contributed by atoms with van der Waals surface area (Å²) in [4.78, 5) is 22.6. The van der Waals surface area contributed by atoms with E-state index in [1.165, 1.54) is 0 Å². The Labute approximate surface area is 147 Å². The number of benzene rings is 1. The summed E-state index contributed by atoms with van der Waals surface area (Å²) >= 11 is 0. The summed E-state index contributed by atoms with van der Waals surface area (Å²) < 4.78 is 7.13. The average molecular weight is 343 g/mol. The van der Waals surface area contributed by atoms with Crippen LogP contribution in [0.1, 0.15) is 51.5 Å². The molecule has 1 saturated carbocycles. The molecule has 0 aliphatic heterocycles. The predicted molar refractivity (Wildman–Crippen MR) is 96.7 cm³/mol. The lowest BCUT2D eigenvalue weighted by molar-refractivity contribution is -0.112. The third-order valence-electron chi connectivity index (χ3n) is 4.81. The van der Waals surface area contributed by atoms with Gasteiger partial charge in [-0.15, -0.1) is 0 Å². The topological polar surface area (TPSA) is 73.2 Å². The number of unbranched alkanes of at least 4 members (excludes halogenated alkanes) is 1. The van der Waals surface area contributed by atoms with Gasteiger partial charge in [0.2, 0.25) is 0 Å². The van der Waals surface area contributed by atoms with E-state index < -0.39 is 6.09 Å². The summed E-state index contributed by atoms with van der Waals surface area (Å²) in [6.45, 7) is 2.49. The van der Waals surface area contributed by atoms with Crippen LogP contribution in [0.25, 0.3) is 10.9 Å². The first-order valence-corrected chi connectivity index (χ1v) is 9.07. The smallest absolute Gasteiger partial charge is 0.411 e. The van der Waals surface area contributed by atoms with Gasteiger partial charge < -0.3 is 9.53 Å². The lowest BCUT2D eigenvalue weighted by Gasteiger charge is -2.25. The summed E-state index contributed by atoms with van der Waals surface area (Å²) in [6, 6.07) is 6.00. The number of carbonyl (C=O) groups is 2. The summed E-state index contributed by atoms with van der Waals surface area (Å²) in [5.74, 6) is 0.204. The minimum atomic E-state index is -0.424. The van der Waals surface area contributed by atoms with Crippen molar-refractivity contribution in [3.8, 4) is 0 Å². The molecule has 1 aliphatic carbocycles. The number of fused-ring (bicyclic) bond motifs is 1. The van der Waals surface area contributed by atoms with E-state index in [9.17, 15) is 9.59 Å². The number of nitrogens with zero attached hydrogens (tertiary/aromatic N) is 2. The number of ether oxygens (including phenoxy) is 1. The van der Waals surface area contributed by atoms with E-state index in [-0.39, 0.29) is 5.92 Å². The highest BCUT2D eigenvalue weighted by Gasteiger charge is 2.22. The van der Waals surface area contributed by atoms with Gasteiger partial charge in [-0.3, -0.25) is 10.00 Å². The Morgan fingerprint density at radius 2 is 2.16 bits per heavy atom. The third kappa shape index (κ3) is 4.38. The first-order chi connectivity index (χ1) is 12.2. The highest BCUT2D eigenvalue weighted by Crippen LogP contribution is 2.32. The molecule has 1 N–H and O–H groups in total. The second-order valence-electron chi connectivity index (χ2n) is 6.70. The lowest BCUT2D eigenvalue weighted by atomic mass is 9.87. The molecule has 6 heteroatoms. The van der Waals surface area contributed by atoms with Crippen LogP contribution in [-0.2, 0) is 9.53 Å². The monoisotopic (exact) mass is 343 g/mol. The van der Waals surface area contributed by atoms with Crippen molar-refractivity contribution in [1.29, 1.82) is 0 Å². The summed E-state index contributed by atoms with van der Waals surface area (Å²) in [5, 5.41) is 8.40. The lowest BCUT2D eigenvalue weighted by Crippen LogP contribution is -2.19. The number of amides is 1. The Morgan fingerprint density at radius 1 is 1.36 bits per heavy atom. The molecule has 0 spiro atoms. The molecule has 0 bridgehead atoms. The fraction of sp³-hybridized carbons (Fsp3) is 0.526. The molecule has 0 radical (unpaired) electrons. The van der Waals surface area contributed by atoms with Crippen molar-refractivity contribution in [3.63, 3.8) is 0 Å². The van der Waals surface area contributed by atoms with Crippen molar-refractivity contribution in [2.45, 2.75) is 51.5 Å². The van der Waals surface area contributed by atoms with Gasteiger partial charge in [-0.1, -0.05) is 13.3 Å². The number of hydrogen-bond donors (Lipinski definition) is 1. The standard InChI is InChI=1S/C19H25N3O3/c1-2-3-10-25-19(24)20-16-6-9-18-15(11-16)12-22(21-18)17-7-4-14(13-23)5-8-17/h6,9,11-14,17H,2-5,7-8,10H2,1H3,(H,20,24). The minimum Gasteiger partial charge on any atom is -0.449 e. The number of anilines is 1. The largest absolute Gasteiger partial charge is 0.449 e. The molecule has 6 nitrogen and oxygen atoms in total. The Bertz CT molecular complexity index is 733. The number of aldehydes is 1. The summed E-state index contributed by atoms with van der Waals surface area (Å²) in [7, 11) is 0. The molecule has 0 saturated heterocycles. The van der Waals surface area contributed by atoms with Crippen LogP contribution in [0.15, 0.2) is 24.4 Å². The van der Waals surface area contributed by atoms with Gasteiger partial charge in [-0.25, -0.2) is 4.79 Å². The van der Waals surface area contributed by atoms with Gasteiger partial charge in [-0.2, -0.15) is 5.10 Å². The Hall–Kier alpha value is -2.37. The predicted octanol–water partition coefficient (Wildman–Crippen LogP) is 4.32. The molecular formula is C19H25N3O3. The van der Waals surface area contributed by atoms with E-state index in [1.807, 2.05) is 29.1 Å². The second-order valence-corrected chi connectivity index (χ2v) is 6.70. The second kappa shape index (κ2) is 8.14. The maximum absolute atomic E-state index is 11.8. The van der Waals surface area contributed by atoms with E-state index in [0.717, 1.165) is 55.7 Å². The zero-order valence-corrected chi connectivity index (χ0v) is 14.6. The van der Waals surface area contributed by atoms with Crippen molar-refractivity contribution in [2.24, 2.45) is 5.92 Å². The van der Waals surface area contributed by atoms with Crippen LogP contribution in [0.2, 0.25) is 0 Å². The minimum absolute atomic E-state index is 0.204.